The summed E-state index contributed by atoms with van der Waals surface area (Å²) in [7, 11) is 0. The SMILES string of the molecule is CCCN1CCN(C(=O)NC(CCC(N)=O)C(=O)O)CC1. The van der Waals surface area contributed by atoms with Crippen molar-refractivity contribution in [2.24, 2.45) is 5.73 Å². The number of hydrogen-bond donors (Lipinski definition) is 3. The predicted molar refractivity (Wildman–Crippen MR) is 76.7 cm³/mol. The molecule has 0 radical (unpaired) electrons. The highest BCUT2D eigenvalue weighted by molar-refractivity contribution is 5.83. The van der Waals surface area contributed by atoms with Gasteiger partial charge in [0.1, 0.15) is 6.04 Å². The van der Waals surface area contributed by atoms with Gasteiger partial charge in [-0.25, -0.2) is 9.59 Å². The van der Waals surface area contributed by atoms with E-state index in [2.05, 4.69) is 17.1 Å². The maximum Gasteiger partial charge on any atom is 0.326 e. The van der Waals surface area contributed by atoms with Crippen LogP contribution in [0.3, 0.4) is 0 Å². The number of primary amides is 1. The minimum atomic E-state index is -1.16. The maximum absolute atomic E-state index is 12.0. The molecule has 1 fully saturated rings. The van der Waals surface area contributed by atoms with Crippen LogP contribution >= 0.6 is 0 Å². The first-order valence-corrected chi connectivity index (χ1v) is 7.23. The van der Waals surface area contributed by atoms with Crippen molar-refractivity contribution in [3.05, 3.63) is 0 Å². The molecule has 120 valence electrons. The van der Waals surface area contributed by atoms with Gasteiger partial charge < -0.3 is 21.1 Å². The lowest BCUT2D eigenvalue weighted by atomic mass is 10.1. The zero-order valence-electron chi connectivity index (χ0n) is 12.4. The lowest BCUT2D eigenvalue weighted by molar-refractivity contribution is -0.139. The molecule has 4 N–H and O–H groups in total. The lowest BCUT2D eigenvalue weighted by Gasteiger charge is -2.35. The molecule has 0 bridgehead atoms. The molecule has 0 spiro atoms. The van der Waals surface area contributed by atoms with Gasteiger partial charge in [0.15, 0.2) is 0 Å². The van der Waals surface area contributed by atoms with Crippen molar-refractivity contribution in [1.29, 1.82) is 0 Å². The van der Waals surface area contributed by atoms with Gasteiger partial charge in [-0.2, -0.15) is 0 Å². The average molecular weight is 300 g/mol. The van der Waals surface area contributed by atoms with E-state index in [9.17, 15) is 14.4 Å². The third-order valence-electron chi connectivity index (χ3n) is 3.47. The van der Waals surface area contributed by atoms with Crippen molar-refractivity contribution in [2.45, 2.75) is 32.2 Å². The summed E-state index contributed by atoms with van der Waals surface area (Å²) in [6.07, 6.45) is 1.01. The first kappa shape index (κ1) is 17.2. The minimum Gasteiger partial charge on any atom is -0.480 e. The summed E-state index contributed by atoms with van der Waals surface area (Å²) in [5, 5.41) is 11.5. The Balaban J connectivity index is 2.43. The van der Waals surface area contributed by atoms with Crippen LogP contribution in [-0.2, 0) is 9.59 Å². The van der Waals surface area contributed by atoms with E-state index in [-0.39, 0.29) is 12.8 Å². The average Bonchev–Trinajstić information content (AvgIpc) is 2.43. The number of nitrogens with two attached hydrogens (primary N) is 1. The molecule has 1 rings (SSSR count). The minimum absolute atomic E-state index is 0.00616. The second-order valence-electron chi connectivity index (χ2n) is 5.17. The molecule has 3 amide bonds. The van der Waals surface area contributed by atoms with Gasteiger partial charge in [0.2, 0.25) is 5.91 Å². The monoisotopic (exact) mass is 300 g/mol. The molecule has 1 unspecified atom stereocenters. The molecular formula is C13H24N4O4. The summed E-state index contributed by atoms with van der Waals surface area (Å²) >= 11 is 0. The predicted octanol–water partition coefficient (Wildman–Crippen LogP) is -0.558. The Hall–Kier alpha value is -1.83. The third-order valence-corrected chi connectivity index (χ3v) is 3.47. The fourth-order valence-corrected chi connectivity index (χ4v) is 2.28. The molecule has 0 aromatic carbocycles. The van der Waals surface area contributed by atoms with Crippen LogP contribution in [0, 0.1) is 0 Å². The van der Waals surface area contributed by atoms with Crippen LogP contribution in [0.15, 0.2) is 0 Å². The van der Waals surface area contributed by atoms with Crippen molar-refractivity contribution < 1.29 is 19.5 Å². The number of amides is 3. The summed E-state index contributed by atoms with van der Waals surface area (Å²) in [6, 6.07) is -1.48. The van der Waals surface area contributed by atoms with E-state index in [1.807, 2.05) is 0 Å². The molecule has 0 saturated carbocycles. The largest absolute Gasteiger partial charge is 0.480 e. The van der Waals surface area contributed by atoms with Crippen LogP contribution in [0.25, 0.3) is 0 Å². The van der Waals surface area contributed by atoms with Crippen molar-refractivity contribution in [1.82, 2.24) is 15.1 Å². The van der Waals surface area contributed by atoms with Crippen LogP contribution in [0.1, 0.15) is 26.2 Å². The van der Waals surface area contributed by atoms with E-state index in [1.165, 1.54) is 0 Å². The smallest absolute Gasteiger partial charge is 0.326 e. The normalized spacial score (nSPS) is 17.3. The Morgan fingerprint density at radius 3 is 2.33 bits per heavy atom. The number of nitrogens with zero attached hydrogens (tertiary/aromatic N) is 2. The summed E-state index contributed by atoms with van der Waals surface area (Å²) in [4.78, 5) is 37.7. The van der Waals surface area contributed by atoms with Crippen molar-refractivity contribution in [3.8, 4) is 0 Å². The molecule has 1 aliphatic heterocycles. The highest BCUT2D eigenvalue weighted by atomic mass is 16.4. The number of rotatable bonds is 7. The van der Waals surface area contributed by atoms with E-state index < -0.39 is 23.9 Å². The van der Waals surface area contributed by atoms with Gasteiger partial charge in [-0.05, 0) is 19.4 Å². The molecule has 8 heteroatoms. The van der Waals surface area contributed by atoms with Crippen LogP contribution in [0.5, 0.6) is 0 Å². The van der Waals surface area contributed by atoms with Gasteiger partial charge in [0.25, 0.3) is 0 Å². The van der Waals surface area contributed by atoms with E-state index in [4.69, 9.17) is 10.8 Å². The third kappa shape index (κ3) is 5.99. The number of urea groups is 1. The second kappa shape index (κ2) is 8.46. The topological polar surface area (TPSA) is 116 Å². The van der Waals surface area contributed by atoms with Gasteiger partial charge in [0.05, 0.1) is 0 Å². The Morgan fingerprint density at radius 2 is 1.86 bits per heavy atom. The molecule has 1 heterocycles. The lowest BCUT2D eigenvalue weighted by Crippen LogP contribution is -2.54. The molecular weight excluding hydrogens is 276 g/mol. The Labute approximate surface area is 124 Å². The number of carboxylic acid groups (broad SMARTS) is 1. The number of carbonyl (C=O) groups is 3. The zero-order valence-corrected chi connectivity index (χ0v) is 12.4. The highest BCUT2D eigenvalue weighted by Gasteiger charge is 2.25. The van der Waals surface area contributed by atoms with Gasteiger partial charge >= 0.3 is 12.0 Å². The van der Waals surface area contributed by atoms with Crippen LogP contribution in [-0.4, -0.2) is 71.6 Å². The molecule has 8 nitrogen and oxygen atoms in total. The molecule has 1 saturated heterocycles. The maximum atomic E-state index is 12.0. The standard InChI is InChI=1S/C13H24N4O4/c1-2-5-16-6-8-17(9-7-16)13(21)15-10(12(19)20)3-4-11(14)18/h10H,2-9H2,1H3,(H2,14,18)(H,15,21)(H,19,20). The molecule has 0 aromatic heterocycles. The van der Waals surface area contributed by atoms with Crippen LogP contribution in [0.2, 0.25) is 0 Å². The Bertz CT molecular complexity index is 380. The molecule has 0 aromatic rings. The Morgan fingerprint density at radius 1 is 1.24 bits per heavy atom. The van der Waals surface area contributed by atoms with Crippen molar-refractivity contribution in [2.75, 3.05) is 32.7 Å². The molecule has 21 heavy (non-hydrogen) atoms. The fourth-order valence-electron chi connectivity index (χ4n) is 2.28. The van der Waals surface area contributed by atoms with Crippen molar-refractivity contribution in [3.63, 3.8) is 0 Å². The summed E-state index contributed by atoms with van der Waals surface area (Å²) in [5.41, 5.74) is 5.00. The molecule has 1 aliphatic rings. The van der Waals surface area contributed by atoms with E-state index in [0.29, 0.717) is 13.1 Å². The van der Waals surface area contributed by atoms with Gasteiger partial charge in [-0.1, -0.05) is 6.92 Å². The van der Waals surface area contributed by atoms with E-state index >= 15 is 0 Å². The number of nitrogens with one attached hydrogen (secondary N) is 1. The van der Waals surface area contributed by atoms with Crippen LogP contribution < -0.4 is 11.1 Å². The molecule has 0 aliphatic carbocycles. The van der Waals surface area contributed by atoms with E-state index in [1.54, 1.807) is 4.90 Å². The Kier molecular flexibility index (Phi) is 6.93. The van der Waals surface area contributed by atoms with E-state index in [0.717, 1.165) is 26.1 Å². The second-order valence-corrected chi connectivity index (χ2v) is 5.17. The zero-order chi connectivity index (χ0) is 15.8. The quantitative estimate of drug-likeness (QED) is 0.583. The number of aliphatic carboxylic acids is 1. The van der Waals surface area contributed by atoms with Crippen LogP contribution in [0.4, 0.5) is 4.79 Å². The fraction of sp³-hybridized carbons (Fsp3) is 0.769. The number of hydrogen-bond acceptors (Lipinski definition) is 4. The summed E-state index contributed by atoms with van der Waals surface area (Å²) < 4.78 is 0. The summed E-state index contributed by atoms with van der Waals surface area (Å²) in [5.74, 6) is -1.74. The highest BCUT2D eigenvalue weighted by Crippen LogP contribution is 2.04. The number of carbonyl (C=O) groups excluding carboxylic acids is 2. The first-order valence-electron chi connectivity index (χ1n) is 7.23. The van der Waals surface area contributed by atoms with Gasteiger partial charge in [-0.15, -0.1) is 0 Å². The van der Waals surface area contributed by atoms with Gasteiger partial charge in [-0.3, -0.25) is 9.69 Å². The summed E-state index contributed by atoms with van der Waals surface area (Å²) in [6.45, 7) is 5.85. The first-order chi connectivity index (χ1) is 9.93. The number of carboxylic acids is 1. The van der Waals surface area contributed by atoms with Gasteiger partial charge in [0, 0.05) is 32.6 Å². The molecule has 1 atom stereocenters. The van der Waals surface area contributed by atoms with Crippen molar-refractivity contribution >= 4 is 17.9 Å². The number of piperazine rings is 1.